The first-order chi connectivity index (χ1) is 11.5. The molecule has 3 rings (SSSR count). The molecule has 1 aliphatic rings. The van der Waals surface area contributed by atoms with Crippen molar-refractivity contribution >= 4 is 11.4 Å². The third-order valence-corrected chi connectivity index (χ3v) is 4.30. The van der Waals surface area contributed by atoms with Crippen molar-refractivity contribution in [3.05, 3.63) is 75.3 Å². The standard InChI is InChI=1S/C19H21N3O2/c1-21(2)12-11-16-13-15-5-3-4-6-18(15)19(20-16)14-7-9-17(10-8-14)22(23)24/h3-10,16H,11-13H2,1-2H3. The molecule has 0 saturated heterocycles. The van der Waals surface area contributed by atoms with Gasteiger partial charge in [-0.1, -0.05) is 24.3 Å². The maximum atomic E-state index is 10.9. The van der Waals surface area contributed by atoms with E-state index in [1.54, 1.807) is 24.3 Å². The molecule has 0 saturated carbocycles. The highest BCUT2D eigenvalue weighted by atomic mass is 16.6. The Bertz CT molecular complexity index is 766. The molecule has 1 aliphatic heterocycles. The van der Waals surface area contributed by atoms with E-state index in [-0.39, 0.29) is 16.7 Å². The van der Waals surface area contributed by atoms with Gasteiger partial charge in [-0.25, -0.2) is 0 Å². The Hall–Kier alpha value is -2.53. The van der Waals surface area contributed by atoms with E-state index in [0.29, 0.717) is 0 Å². The van der Waals surface area contributed by atoms with Gasteiger partial charge in [0.15, 0.2) is 0 Å². The average molecular weight is 323 g/mol. The molecule has 5 heteroatoms. The van der Waals surface area contributed by atoms with E-state index in [1.165, 1.54) is 5.56 Å². The smallest absolute Gasteiger partial charge is 0.269 e. The summed E-state index contributed by atoms with van der Waals surface area (Å²) < 4.78 is 0. The molecule has 1 atom stereocenters. The number of nitrogens with zero attached hydrogens (tertiary/aromatic N) is 3. The van der Waals surface area contributed by atoms with Gasteiger partial charge in [-0.05, 0) is 51.2 Å². The number of nitro benzene ring substituents is 1. The minimum absolute atomic E-state index is 0.104. The number of hydrogen-bond acceptors (Lipinski definition) is 4. The molecule has 1 heterocycles. The van der Waals surface area contributed by atoms with Gasteiger partial charge < -0.3 is 4.90 Å². The molecule has 5 nitrogen and oxygen atoms in total. The van der Waals surface area contributed by atoms with Crippen LogP contribution in [0.5, 0.6) is 0 Å². The van der Waals surface area contributed by atoms with Gasteiger partial charge in [-0.3, -0.25) is 15.1 Å². The summed E-state index contributed by atoms with van der Waals surface area (Å²) in [6.07, 6.45) is 1.94. The molecule has 0 aromatic heterocycles. The fourth-order valence-corrected chi connectivity index (χ4v) is 3.03. The van der Waals surface area contributed by atoms with Gasteiger partial charge in [0.1, 0.15) is 0 Å². The molecule has 2 aromatic rings. The van der Waals surface area contributed by atoms with Crippen LogP contribution in [0.25, 0.3) is 0 Å². The molecule has 0 fully saturated rings. The van der Waals surface area contributed by atoms with Gasteiger partial charge in [0, 0.05) is 23.3 Å². The minimum Gasteiger partial charge on any atom is -0.309 e. The number of rotatable bonds is 5. The first-order valence-electron chi connectivity index (χ1n) is 8.10. The van der Waals surface area contributed by atoms with Crippen LogP contribution in [0.4, 0.5) is 5.69 Å². The van der Waals surface area contributed by atoms with E-state index >= 15 is 0 Å². The largest absolute Gasteiger partial charge is 0.309 e. The van der Waals surface area contributed by atoms with E-state index in [0.717, 1.165) is 36.2 Å². The second-order valence-electron chi connectivity index (χ2n) is 6.39. The Morgan fingerprint density at radius 1 is 1.17 bits per heavy atom. The predicted molar refractivity (Wildman–Crippen MR) is 95.8 cm³/mol. The van der Waals surface area contributed by atoms with Crippen molar-refractivity contribution in [3.8, 4) is 0 Å². The number of hydrogen-bond donors (Lipinski definition) is 0. The molecule has 2 aromatic carbocycles. The van der Waals surface area contributed by atoms with E-state index in [9.17, 15) is 10.1 Å². The van der Waals surface area contributed by atoms with Crippen molar-refractivity contribution in [2.24, 2.45) is 4.99 Å². The van der Waals surface area contributed by atoms with Crippen molar-refractivity contribution in [2.75, 3.05) is 20.6 Å². The van der Waals surface area contributed by atoms with E-state index < -0.39 is 0 Å². The molecule has 0 radical (unpaired) electrons. The summed E-state index contributed by atoms with van der Waals surface area (Å²) >= 11 is 0. The molecule has 0 spiro atoms. The summed E-state index contributed by atoms with van der Waals surface area (Å²) in [4.78, 5) is 17.6. The van der Waals surface area contributed by atoms with Gasteiger partial charge in [0.2, 0.25) is 0 Å². The van der Waals surface area contributed by atoms with Crippen molar-refractivity contribution in [1.82, 2.24) is 4.90 Å². The molecule has 0 aliphatic carbocycles. The summed E-state index contributed by atoms with van der Waals surface area (Å²) in [5.41, 5.74) is 4.41. The number of non-ortho nitro benzene ring substituents is 1. The Labute approximate surface area is 141 Å². The molecule has 24 heavy (non-hydrogen) atoms. The molecular formula is C19H21N3O2. The number of fused-ring (bicyclic) bond motifs is 1. The average Bonchev–Trinajstić information content (AvgIpc) is 2.59. The number of aliphatic imine (C=N–C) groups is 1. The topological polar surface area (TPSA) is 58.7 Å². The lowest BCUT2D eigenvalue weighted by Crippen LogP contribution is -2.25. The van der Waals surface area contributed by atoms with E-state index in [4.69, 9.17) is 4.99 Å². The highest BCUT2D eigenvalue weighted by molar-refractivity contribution is 6.14. The lowest BCUT2D eigenvalue weighted by Gasteiger charge is -2.24. The summed E-state index contributed by atoms with van der Waals surface area (Å²) in [6.45, 7) is 0.990. The van der Waals surface area contributed by atoms with Crippen molar-refractivity contribution in [2.45, 2.75) is 18.9 Å². The Kier molecular flexibility index (Phi) is 4.71. The molecule has 0 bridgehead atoms. The van der Waals surface area contributed by atoms with Gasteiger partial charge in [0.25, 0.3) is 5.69 Å². The highest BCUT2D eigenvalue weighted by Gasteiger charge is 2.22. The maximum Gasteiger partial charge on any atom is 0.269 e. The maximum absolute atomic E-state index is 10.9. The monoisotopic (exact) mass is 323 g/mol. The zero-order chi connectivity index (χ0) is 17.1. The van der Waals surface area contributed by atoms with Crippen molar-refractivity contribution in [1.29, 1.82) is 0 Å². The Morgan fingerprint density at radius 3 is 2.54 bits per heavy atom. The van der Waals surface area contributed by atoms with Crippen LogP contribution in [-0.2, 0) is 6.42 Å². The number of benzene rings is 2. The third kappa shape index (κ3) is 3.51. The van der Waals surface area contributed by atoms with Crippen LogP contribution >= 0.6 is 0 Å². The van der Waals surface area contributed by atoms with Crippen LogP contribution in [-0.4, -0.2) is 42.2 Å². The van der Waals surface area contributed by atoms with Crippen LogP contribution < -0.4 is 0 Å². The Morgan fingerprint density at radius 2 is 1.88 bits per heavy atom. The number of nitro groups is 1. The third-order valence-electron chi connectivity index (χ3n) is 4.30. The van der Waals surface area contributed by atoms with Crippen molar-refractivity contribution in [3.63, 3.8) is 0 Å². The van der Waals surface area contributed by atoms with Crippen LogP contribution in [0.2, 0.25) is 0 Å². The second-order valence-corrected chi connectivity index (χ2v) is 6.39. The molecule has 1 unspecified atom stereocenters. The van der Waals surface area contributed by atoms with Crippen LogP contribution in [0.1, 0.15) is 23.1 Å². The highest BCUT2D eigenvalue weighted by Crippen LogP contribution is 2.25. The lowest BCUT2D eigenvalue weighted by atomic mass is 9.89. The molecule has 0 amide bonds. The minimum atomic E-state index is -0.375. The molecule has 0 N–H and O–H groups in total. The Balaban J connectivity index is 1.96. The van der Waals surface area contributed by atoms with Gasteiger partial charge in [-0.15, -0.1) is 0 Å². The lowest BCUT2D eigenvalue weighted by molar-refractivity contribution is -0.384. The summed E-state index contributed by atoms with van der Waals surface area (Å²) in [5.74, 6) is 0. The zero-order valence-corrected chi connectivity index (χ0v) is 14.0. The van der Waals surface area contributed by atoms with Crippen molar-refractivity contribution < 1.29 is 4.92 Å². The predicted octanol–water partition coefficient (Wildman–Crippen LogP) is 3.31. The summed E-state index contributed by atoms with van der Waals surface area (Å²) in [6, 6.07) is 15.2. The quantitative estimate of drug-likeness (QED) is 0.626. The second kappa shape index (κ2) is 6.93. The first-order valence-corrected chi connectivity index (χ1v) is 8.10. The van der Waals surface area contributed by atoms with E-state index in [1.807, 2.05) is 6.07 Å². The molecule has 124 valence electrons. The summed E-state index contributed by atoms with van der Waals surface area (Å²) in [7, 11) is 4.13. The molecular weight excluding hydrogens is 302 g/mol. The fourth-order valence-electron chi connectivity index (χ4n) is 3.03. The normalized spacial score (nSPS) is 16.6. The van der Waals surface area contributed by atoms with Crippen LogP contribution in [0.3, 0.4) is 0 Å². The van der Waals surface area contributed by atoms with Gasteiger partial charge in [-0.2, -0.15) is 0 Å². The summed E-state index contributed by atoms with van der Waals surface area (Å²) in [5, 5.41) is 10.9. The van der Waals surface area contributed by atoms with Crippen LogP contribution in [0.15, 0.2) is 53.5 Å². The van der Waals surface area contributed by atoms with Gasteiger partial charge in [0.05, 0.1) is 16.7 Å². The zero-order valence-electron chi connectivity index (χ0n) is 14.0. The fraction of sp³-hybridized carbons (Fsp3) is 0.316. The first kappa shape index (κ1) is 16.3. The van der Waals surface area contributed by atoms with Gasteiger partial charge >= 0.3 is 0 Å². The van der Waals surface area contributed by atoms with Crippen LogP contribution in [0, 0.1) is 10.1 Å². The van der Waals surface area contributed by atoms with E-state index in [2.05, 4.69) is 37.2 Å². The SMILES string of the molecule is CN(C)CCC1Cc2ccccc2C(c2ccc([N+](=O)[O-])cc2)=N1.